The highest BCUT2D eigenvalue weighted by Crippen LogP contribution is 2.11. The minimum absolute atomic E-state index is 0.0509. The lowest BCUT2D eigenvalue weighted by atomic mass is 10.1. The molecule has 5 heteroatoms. The Kier molecular flexibility index (Phi) is 4.06. The summed E-state index contributed by atoms with van der Waals surface area (Å²) in [7, 11) is 0. The first kappa shape index (κ1) is 13.4. The molecule has 0 aromatic carbocycles. The highest BCUT2D eigenvalue weighted by molar-refractivity contribution is 5.20. The molecule has 0 aliphatic carbocycles. The van der Waals surface area contributed by atoms with E-state index in [0.717, 1.165) is 11.3 Å². The molecular formula is C14H18N4O. The van der Waals surface area contributed by atoms with Crippen LogP contribution in [0.1, 0.15) is 35.6 Å². The van der Waals surface area contributed by atoms with Crippen molar-refractivity contribution in [3.63, 3.8) is 0 Å². The maximum atomic E-state index is 12.0. The summed E-state index contributed by atoms with van der Waals surface area (Å²) >= 11 is 0. The molecule has 0 saturated carbocycles. The lowest BCUT2D eigenvalue weighted by molar-refractivity contribution is 0.562. The van der Waals surface area contributed by atoms with E-state index in [1.807, 2.05) is 26.0 Å². The van der Waals surface area contributed by atoms with E-state index >= 15 is 0 Å². The second-order valence-corrected chi connectivity index (χ2v) is 4.61. The highest BCUT2D eigenvalue weighted by Gasteiger charge is 2.13. The van der Waals surface area contributed by atoms with Crippen LogP contribution >= 0.6 is 0 Å². The molecule has 0 spiro atoms. The van der Waals surface area contributed by atoms with Crippen molar-refractivity contribution in [1.29, 1.82) is 0 Å². The standard InChI is InChI=1S/C14H18N4O/c1-9(16-8-12-4-6-15-7-5-12)13-10(2)17-11(3)18-14(13)19/h4-7,9,16H,8H2,1-3H3,(H,17,18,19). The van der Waals surface area contributed by atoms with Gasteiger partial charge in [-0.15, -0.1) is 0 Å². The number of nitrogens with one attached hydrogen (secondary N) is 2. The molecule has 5 nitrogen and oxygen atoms in total. The van der Waals surface area contributed by atoms with E-state index < -0.39 is 0 Å². The third kappa shape index (κ3) is 3.26. The zero-order chi connectivity index (χ0) is 13.8. The van der Waals surface area contributed by atoms with Crippen molar-refractivity contribution in [2.45, 2.75) is 33.4 Å². The number of aryl methyl sites for hydroxylation is 2. The quantitative estimate of drug-likeness (QED) is 0.874. The summed E-state index contributed by atoms with van der Waals surface area (Å²) in [5, 5.41) is 3.33. The maximum absolute atomic E-state index is 12.0. The van der Waals surface area contributed by atoms with Crippen LogP contribution in [0.2, 0.25) is 0 Å². The molecule has 2 rings (SSSR count). The molecule has 0 amide bonds. The molecule has 0 bridgehead atoms. The van der Waals surface area contributed by atoms with Gasteiger partial charge in [0.05, 0.1) is 5.56 Å². The van der Waals surface area contributed by atoms with Crippen LogP contribution < -0.4 is 10.9 Å². The summed E-state index contributed by atoms with van der Waals surface area (Å²) in [6, 6.07) is 3.85. The normalized spacial score (nSPS) is 12.4. The van der Waals surface area contributed by atoms with E-state index in [1.54, 1.807) is 19.3 Å². The van der Waals surface area contributed by atoms with E-state index in [4.69, 9.17) is 0 Å². The summed E-state index contributed by atoms with van der Waals surface area (Å²) in [5.41, 5.74) is 2.53. The second-order valence-electron chi connectivity index (χ2n) is 4.61. The molecule has 0 radical (unpaired) electrons. The summed E-state index contributed by atoms with van der Waals surface area (Å²) in [6.07, 6.45) is 3.51. The molecule has 1 unspecified atom stereocenters. The summed E-state index contributed by atoms with van der Waals surface area (Å²) in [4.78, 5) is 23.0. The molecule has 0 aliphatic heterocycles. The fourth-order valence-corrected chi connectivity index (χ4v) is 2.12. The third-order valence-corrected chi connectivity index (χ3v) is 3.06. The van der Waals surface area contributed by atoms with Gasteiger partial charge < -0.3 is 10.3 Å². The van der Waals surface area contributed by atoms with Crippen molar-refractivity contribution < 1.29 is 0 Å². The van der Waals surface area contributed by atoms with Crippen LogP contribution in [0.15, 0.2) is 29.3 Å². The number of aromatic amines is 1. The van der Waals surface area contributed by atoms with Gasteiger partial charge in [0.2, 0.25) is 0 Å². The molecular weight excluding hydrogens is 240 g/mol. The fraction of sp³-hybridized carbons (Fsp3) is 0.357. The minimum atomic E-state index is -0.0697. The van der Waals surface area contributed by atoms with Crippen molar-refractivity contribution >= 4 is 0 Å². The fourth-order valence-electron chi connectivity index (χ4n) is 2.12. The van der Waals surface area contributed by atoms with Crippen LogP contribution in [-0.2, 0) is 6.54 Å². The number of pyridine rings is 1. The van der Waals surface area contributed by atoms with Crippen molar-refractivity contribution in [1.82, 2.24) is 20.3 Å². The smallest absolute Gasteiger partial charge is 0.255 e. The van der Waals surface area contributed by atoms with Crippen LogP contribution in [0, 0.1) is 13.8 Å². The Bertz CT molecular complexity index is 607. The Morgan fingerprint density at radius 2 is 2.00 bits per heavy atom. The number of hydrogen-bond acceptors (Lipinski definition) is 4. The van der Waals surface area contributed by atoms with Gasteiger partial charge >= 0.3 is 0 Å². The van der Waals surface area contributed by atoms with Crippen molar-refractivity contribution in [2.24, 2.45) is 0 Å². The van der Waals surface area contributed by atoms with Crippen LogP contribution in [-0.4, -0.2) is 15.0 Å². The molecule has 2 heterocycles. The summed E-state index contributed by atoms with van der Waals surface area (Å²) in [6.45, 7) is 6.31. The van der Waals surface area contributed by atoms with Crippen LogP contribution in [0.25, 0.3) is 0 Å². The minimum Gasteiger partial charge on any atom is -0.310 e. The maximum Gasteiger partial charge on any atom is 0.255 e. The van der Waals surface area contributed by atoms with E-state index in [0.29, 0.717) is 17.9 Å². The Labute approximate surface area is 112 Å². The van der Waals surface area contributed by atoms with Crippen molar-refractivity contribution in [3.05, 3.63) is 57.5 Å². The van der Waals surface area contributed by atoms with Gasteiger partial charge in [0, 0.05) is 30.7 Å². The Balaban J connectivity index is 2.13. The van der Waals surface area contributed by atoms with E-state index in [1.165, 1.54) is 0 Å². The predicted molar refractivity (Wildman–Crippen MR) is 73.8 cm³/mol. The average Bonchev–Trinajstić information content (AvgIpc) is 2.36. The van der Waals surface area contributed by atoms with Gasteiger partial charge in [-0.25, -0.2) is 4.98 Å². The number of nitrogens with zero attached hydrogens (tertiary/aromatic N) is 2. The van der Waals surface area contributed by atoms with E-state index in [9.17, 15) is 4.79 Å². The topological polar surface area (TPSA) is 70.7 Å². The molecule has 100 valence electrons. The molecule has 1 atom stereocenters. The van der Waals surface area contributed by atoms with Gasteiger partial charge in [-0.3, -0.25) is 9.78 Å². The Morgan fingerprint density at radius 3 is 2.63 bits per heavy atom. The number of hydrogen-bond donors (Lipinski definition) is 2. The summed E-state index contributed by atoms with van der Waals surface area (Å²) in [5.74, 6) is 0.646. The average molecular weight is 258 g/mol. The van der Waals surface area contributed by atoms with Gasteiger partial charge in [-0.05, 0) is 38.5 Å². The molecule has 19 heavy (non-hydrogen) atoms. The van der Waals surface area contributed by atoms with Crippen LogP contribution in [0.5, 0.6) is 0 Å². The number of H-pyrrole nitrogens is 1. The lowest BCUT2D eigenvalue weighted by Crippen LogP contribution is -2.27. The zero-order valence-electron chi connectivity index (χ0n) is 11.4. The lowest BCUT2D eigenvalue weighted by Gasteiger charge is -2.15. The van der Waals surface area contributed by atoms with E-state index in [-0.39, 0.29) is 11.6 Å². The first-order chi connectivity index (χ1) is 9.08. The first-order valence-corrected chi connectivity index (χ1v) is 6.27. The van der Waals surface area contributed by atoms with Gasteiger partial charge in [0.25, 0.3) is 5.56 Å². The van der Waals surface area contributed by atoms with Gasteiger partial charge in [0.15, 0.2) is 0 Å². The molecule has 2 N–H and O–H groups in total. The Morgan fingerprint density at radius 1 is 1.32 bits per heavy atom. The Hall–Kier alpha value is -2.01. The van der Waals surface area contributed by atoms with E-state index in [2.05, 4.69) is 20.3 Å². The number of rotatable bonds is 4. The molecule has 2 aromatic rings. The van der Waals surface area contributed by atoms with Crippen LogP contribution in [0.3, 0.4) is 0 Å². The zero-order valence-corrected chi connectivity index (χ0v) is 11.4. The van der Waals surface area contributed by atoms with Crippen LogP contribution in [0.4, 0.5) is 0 Å². The molecule has 0 aliphatic rings. The molecule has 0 saturated heterocycles. The molecule has 0 fully saturated rings. The van der Waals surface area contributed by atoms with Crippen molar-refractivity contribution in [3.8, 4) is 0 Å². The van der Waals surface area contributed by atoms with Gasteiger partial charge in [-0.1, -0.05) is 0 Å². The number of aromatic nitrogens is 3. The monoisotopic (exact) mass is 258 g/mol. The van der Waals surface area contributed by atoms with Crippen molar-refractivity contribution in [2.75, 3.05) is 0 Å². The third-order valence-electron chi connectivity index (χ3n) is 3.06. The molecule has 2 aromatic heterocycles. The largest absolute Gasteiger partial charge is 0.310 e. The van der Waals surface area contributed by atoms with Gasteiger partial charge in [0.1, 0.15) is 5.82 Å². The SMILES string of the molecule is Cc1nc(C)c(C(C)NCc2ccncc2)c(=O)[nH]1. The predicted octanol–water partition coefficient (Wildman–Crippen LogP) is 1.63. The highest BCUT2D eigenvalue weighted by atomic mass is 16.1. The van der Waals surface area contributed by atoms with Gasteiger partial charge in [-0.2, -0.15) is 0 Å². The first-order valence-electron chi connectivity index (χ1n) is 6.27. The second kappa shape index (κ2) is 5.75. The summed E-state index contributed by atoms with van der Waals surface area (Å²) < 4.78 is 0.